The predicted octanol–water partition coefficient (Wildman–Crippen LogP) is 2.30. The van der Waals surface area contributed by atoms with Crippen LogP contribution in [-0.4, -0.2) is 23.9 Å². The summed E-state index contributed by atoms with van der Waals surface area (Å²) in [6, 6.07) is 5.60. The quantitative estimate of drug-likeness (QED) is 0.918. The maximum absolute atomic E-state index is 11.1. The lowest BCUT2D eigenvalue weighted by molar-refractivity contribution is -0.121. The molecule has 2 N–H and O–H groups in total. The minimum absolute atomic E-state index is 0.0343. The van der Waals surface area contributed by atoms with Gasteiger partial charge in [-0.25, -0.2) is 0 Å². The van der Waals surface area contributed by atoms with E-state index in [1.807, 2.05) is 12.1 Å². The van der Waals surface area contributed by atoms with Crippen LogP contribution in [-0.2, 0) is 11.3 Å². The van der Waals surface area contributed by atoms with Crippen LogP contribution in [0.3, 0.4) is 0 Å². The third-order valence-corrected chi connectivity index (χ3v) is 3.96. The third kappa shape index (κ3) is 2.92. The van der Waals surface area contributed by atoms with Gasteiger partial charge in [0.25, 0.3) is 0 Å². The molecule has 0 aliphatic carbocycles. The number of nitrogens with zero attached hydrogens (tertiary/aromatic N) is 1. The monoisotopic (exact) mass is 272 g/mol. The number of carbonyl (C=O) groups excluding carboxylic acids is 1. The molecule has 0 spiro atoms. The molecule has 1 fully saturated rings. The molecule has 1 atom stereocenters. The molecule has 1 aliphatic rings. The highest BCUT2D eigenvalue weighted by Gasteiger charge is 2.26. The van der Waals surface area contributed by atoms with Crippen LogP contribution < -0.4 is 5.73 Å². The summed E-state index contributed by atoms with van der Waals surface area (Å²) in [5, 5.41) is 1.16. The van der Waals surface area contributed by atoms with Crippen LogP contribution in [0.5, 0.6) is 0 Å². The fraction of sp³-hybridized carbons (Fsp3) is 0.417. The van der Waals surface area contributed by atoms with E-state index in [4.69, 9.17) is 28.9 Å². The second-order valence-electron chi connectivity index (χ2n) is 4.34. The lowest BCUT2D eigenvalue weighted by atomic mass is 10.1. The zero-order chi connectivity index (χ0) is 12.4. The molecular formula is C12H14Cl2N2O. The van der Waals surface area contributed by atoms with E-state index in [1.165, 1.54) is 0 Å². The Morgan fingerprint density at radius 1 is 1.47 bits per heavy atom. The third-order valence-electron chi connectivity index (χ3n) is 3.10. The van der Waals surface area contributed by atoms with Gasteiger partial charge in [-0.3, -0.25) is 9.69 Å². The topological polar surface area (TPSA) is 46.3 Å². The Bertz CT molecular complexity index is 437. The van der Waals surface area contributed by atoms with E-state index in [9.17, 15) is 4.79 Å². The van der Waals surface area contributed by atoms with Gasteiger partial charge in [-0.1, -0.05) is 35.3 Å². The summed E-state index contributed by atoms with van der Waals surface area (Å²) in [6.45, 7) is 2.29. The van der Waals surface area contributed by atoms with Crippen LogP contribution in [0.4, 0.5) is 0 Å². The van der Waals surface area contributed by atoms with E-state index in [0.717, 1.165) is 18.5 Å². The molecule has 1 saturated heterocycles. The fourth-order valence-corrected chi connectivity index (χ4v) is 2.50. The van der Waals surface area contributed by atoms with Crippen LogP contribution in [0.2, 0.25) is 10.0 Å². The first kappa shape index (κ1) is 12.7. The smallest absolute Gasteiger partial charge is 0.221 e. The normalized spacial score (nSPS) is 20.7. The number of amides is 1. The molecule has 92 valence electrons. The number of rotatable bonds is 3. The van der Waals surface area contributed by atoms with Gasteiger partial charge < -0.3 is 5.73 Å². The van der Waals surface area contributed by atoms with Crippen molar-refractivity contribution >= 4 is 29.1 Å². The van der Waals surface area contributed by atoms with Crippen molar-refractivity contribution in [3.63, 3.8) is 0 Å². The summed E-state index contributed by atoms with van der Waals surface area (Å²) < 4.78 is 0. The highest BCUT2D eigenvalue weighted by atomic mass is 35.5. The molecule has 17 heavy (non-hydrogen) atoms. The van der Waals surface area contributed by atoms with Gasteiger partial charge in [0.1, 0.15) is 0 Å². The molecule has 0 saturated carbocycles. The number of hydrogen-bond acceptors (Lipinski definition) is 2. The molecular weight excluding hydrogens is 259 g/mol. The minimum atomic E-state index is -0.218. The van der Waals surface area contributed by atoms with Crippen LogP contribution in [0.25, 0.3) is 0 Å². The number of hydrogen-bond donors (Lipinski definition) is 1. The fourth-order valence-electron chi connectivity index (χ4n) is 2.12. The second kappa shape index (κ2) is 5.25. The highest BCUT2D eigenvalue weighted by molar-refractivity contribution is 6.42. The van der Waals surface area contributed by atoms with Crippen LogP contribution in [0.15, 0.2) is 18.2 Å². The highest BCUT2D eigenvalue weighted by Crippen LogP contribution is 2.28. The molecule has 1 heterocycles. The van der Waals surface area contributed by atoms with Crippen molar-refractivity contribution in [1.29, 1.82) is 0 Å². The lowest BCUT2D eigenvalue weighted by Crippen LogP contribution is -2.27. The second-order valence-corrected chi connectivity index (χ2v) is 5.12. The van der Waals surface area contributed by atoms with E-state index in [2.05, 4.69) is 4.90 Å². The molecule has 0 bridgehead atoms. The summed E-state index contributed by atoms with van der Waals surface area (Å²) in [5.41, 5.74) is 6.28. The first-order chi connectivity index (χ1) is 8.08. The van der Waals surface area contributed by atoms with Crippen LogP contribution in [0.1, 0.15) is 12.0 Å². The van der Waals surface area contributed by atoms with Crippen molar-refractivity contribution in [1.82, 2.24) is 4.90 Å². The SMILES string of the molecule is NC(=O)[C@@H]1CCN(Cc2cccc(Cl)c2Cl)C1. The molecule has 1 aromatic carbocycles. The average molecular weight is 273 g/mol. The molecule has 1 aromatic rings. The number of carbonyl (C=O) groups is 1. The Morgan fingerprint density at radius 2 is 2.24 bits per heavy atom. The van der Waals surface area contributed by atoms with Crippen molar-refractivity contribution in [2.75, 3.05) is 13.1 Å². The molecule has 2 rings (SSSR count). The van der Waals surface area contributed by atoms with Crippen LogP contribution >= 0.6 is 23.2 Å². The van der Waals surface area contributed by atoms with Crippen molar-refractivity contribution in [3.8, 4) is 0 Å². The maximum atomic E-state index is 11.1. The molecule has 1 amide bonds. The number of nitrogens with two attached hydrogens (primary N) is 1. The van der Waals surface area contributed by atoms with Crippen molar-refractivity contribution in [2.45, 2.75) is 13.0 Å². The van der Waals surface area contributed by atoms with E-state index in [-0.39, 0.29) is 11.8 Å². The summed E-state index contributed by atoms with van der Waals surface area (Å²) in [6.07, 6.45) is 0.827. The van der Waals surface area contributed by atoms with Gasteiger partial charge in [0.05, 0.1) is 16.0 Å². The van der Waals surface area contributed by atoms with Crippen molar-refractivity contribution in [2.24, 2.45) is 11.7 Å². The van der Waals surface area contributed by atoms with E-state index < -0.39 is 0 Å². The van der Waals surface area contributed by atoms with Gasteiger partial charge in [-0.05, 0) is 24.6 Å². The van der Waals surface area contributed by atoms with E-state index in [0.29, 0.717) is 23.1 Å². The Labute approximate surface area is 110 Å². The Kier molecular flexibility index (Phi) is 3.92. The molecule has 0 radical (unpaired) electrons. The van der Waals surface area contributed by atoms with Gasteiger partial charge in [-0.2, -0.15) is 0 Å². The van der Waals surface area contributed by atoms with Crippen molar-refractivity contribution < 1.29 is 4.79 Å². The average Bonchev–Trinajstić information content (AvgIpc) is 2.73. The number of benzene rings is 1. The number of primary amides is 1. The molecule has 0 aromatic heterocycles. The van der Waals surface area contributed by atoms with Crippen LogP contribution in [0, 0.1) is 5.92 Å². The van der Waals surface area contributed by atoms with E-state index in [1.54, 1.807) is 6.07 Å². The van der Waals surface area contributed by atoms with Gasteiger partial charge in [-0.15, -0.1) is 0 Å². The first-order valence-corrected chi connectivity index (χ1v) is 6.28. The zero-order valence-electron chi connectivity index (χ0n) is 9.33. The summed E-state index contributed by atoms with van der Waals surface area (Å²) in [4.78, 5) is 13.2. The van der Waals surface area contributed by atoms with Gasteiger partial charge in [0.2, 0.25) is 5.91 Å². The first-order valence-electron chi connectivity index (χ1n) is 5.52. The molecule has 0 unspecified atom stereocenters. The largest absolute Gasteiger partial charge is 0.369 e. The maximum Gasteiger partial charge on any atom is 0.221 e. The Balaban J connectivity index is 2.03. The molecule has 5 heteroatoms. The summed E-state index contributed by atoms with van der Waals surface area (Å²) in [5.74, 6) is -0.252. The van der Waals surface area contributed by atoms with Crippen molar-refractivity contribution in [3.05, 3.63) is 33.8 Å². The van der Waals surface area contributed by atoms with Gasteiger partial charge in [0, 0.05) is 13.1 Å². The van der Waals surface area contributed by atoms with Gasteiger partial charge in [0.15, 0.2) is 0 Å². The lowest BCUT2D eigenvalue weighted by Gasteiger charge is -2.16. The number of halogens is 2. The summed E-state index contributed by atoms with van der Waals surface area (Å²) >= 11 is 12.1. The molecule has 1 aliphatic heterocycles. The zero-order valence-corrected chi connectivity index (χ0v) is 10.8. The Morgan fingerprint density at radius 3 is 2.88 bits per heavy atom. The molecule has 3 nitrogen and oxygen atoms in total. The standard InChI is InChI=1S/C12H14Cl2N2O/c13-10-3-1-2-8(11(10)14)6-16-5-4-9(7-16)12(15)17/h1-3,9H,4-7H2,(H2,15,17)/t9-/m1/s1. The van der Waals surface area contributed by atoms with E-state index >= 15 is 0 Å². The predicted molar refractivity (Wildman–Crippen MR) is 69.0 cm³/mol. The van der Waals surface area contributed by atoms with Gasteiger partial charge >= 0.3 is 0 Å². The minimum Gasteiger partial charge on any atom is -0.369 e. The number of likely N-dealkylation sites (tertiary alicyclic amines) is 1. The summed E-state index contributed by atoms with van der Waals surface area (Å²) in [7, 11) is 0. The Hall–Kier alpha value is -0.770.